The standard InChI is InChI=1S/C12H12ClN3O2/c1-6-7(8-5-15-16-12(8)14)4-9(13)11-10(6)17-2-3-18-11/h4-5H,2-3H2,1H3,(H3,14,15,16). The number of nitrogens with one attached hydrogen (secondary N) is 1. The number of rotatable bonds is 1. The molecule has 0 amide bonds. The van der Waals surface area contributed by atoms with Gasteiger partial charge in [0.1, 0.15) is 19.0 Å². The number of hydrogen-bond donors (Lipinski definition) is 2. The predicted octanol–water partition coefficient (Wildman–Crippen LogP) is 2.39. The average Bonchev–Trinajstić information content (AvgIpc) is 2.80. The van der Waals surface area contributed by atoms with E-state index in [-0.39, 0.29) is 0 Å². The number of aromatic nitrogens is 2. The second kappa shape index (κ2) is 4.10. The zero-order chi connectivity index (χ0) is 12.7. The van der Waals surface area contributed by atoms with Crippen molar-refractivity contribution in [3.8, 4) is 22.6 Å². The third-order valence-electron chi connectivity index (χ3n) is 2.97. The number of nitrogen functional groups attached to an aromatic ring is 1. The lowest BCUT2D eigenvalue weighted by molar-refractivity contribution is 0.170. The number of benzene rings is 1. The van der Waals surface area contributed by atoms with E-state index in [1.54, 1.807) is 6.20 Å². The zero-order valence-electron chi connectivity index (χ0n) is 9.79. The first kappa shape index (κ1) is 11.2. The fraction of sp³-hybridized carbons (Fsp3) is 0.250. The number of fused-ring (bicyclic) bond motifs is 1. The Morgan fingerprint density at radius 3 is 2.67 bits per heavy atom. The first-order chi connectivity index (χ1) is 8.68. The second-order valence-corrected chi connectivity index (χ2v) is 4.49. The first-order valence-electron chi connectivity index (χ1n) is 5.56. The molecule has 2 heterocycles. The van der Waals surface area contributed by atoms with Crippen molar-refractivity contribution in [1.82, 2.24) is 10.2 Å². The Bertz CT molecular complexity index is 610. The highest BCUT2D eigenvalue weighted by Gasteiger charge is 2.22. The summed E-state index contributed by atoms with van der Waals surface area (Å²) in [5.74, 6) is 1.79. The van der Waals surface area contributed by atoms with Crippen LogP contribution in [0.2, 0.25) is 5.02 Å². The Balaban J connectivity index is 2.23. The summed E-state index contributed by atoms with van der Waals surface area (Å²) in [7, 11) is 0. The number of nitrogens with zero attached hydrogens (tertiary/aromatic N) is 1. The maximum Gasteiger partial charge on any atom is 0.180 e. The molecule has 2 aromatic rings. The van der Waals surface area contributed by atoms with E-state index in [0.29, 0.717) is 35.6 Å². The van der Waals surface area contributed by atoms with E-state index in [9.17, 15) is 0 Å². The summed E-state index contributed by atoms with van der Waals surface area (Å²) in [6.45, 7) is 2.99. The Morgan fingerprint density at radius 2 is 2.00 bits per heavy atom. The predicted molar refractivity (Wildman–Crippen MR) is 69.2 cm³/mol. The molecule has 0 unspecified atom stereocenters. The van der Waals surface area contributed by atoms with E-state index in [1.807, 2.05) is 13.0 Å². The lowest BCUT2D eigenvalue weighted by Crippen LogP contribution is -2.16. The van der Waals surface area contributed by atoms with Gasteiger partial charge in [0, 0.05) is 11.1 Å². The van der Waals surface area contributed by atoms with Gasteiger partial charge >= 0.3 is 0 Å². The van der Waals surface area contributed by atoms with Gasteiger partial charge < -0.3 is 15.2 Å². The third-order valence-corrected chi connectivity index (χ3v) is 3.25. The van der Waals surface area contributed by atoms with Crippen LogP contribution in [-0.4, -0.2) is 23.4 Å². The summed E-state index contributed by atoms with van der Waals surface area (Å²) in [6.07, 6.45) is 1.67. The first-order valence-corrected chi connectivity index (χ1v) is 5.94. The van der Waals surface area contributed by atoms with Gasteiger partial charge in [0.25, 0.3) is 0 Å². The van der Waals surface area contributed by atoms with Crippen molar-refractivity contribution in [1.29, 1.82) is 0 Å². The van der Waals surface area contributed by atoms with Crippen LogP contribution in [0.15, 0.2) is 12.3 Å². The quantitative estimate of drug-likeness (QED) is 0.830. The summed E-state index contributed by atoms with van der Waals surface area (Å²) < 4.78 is 11.2. The Morgan fingerprint density at radius 1 is 1.28 bits per heavy atom. The molecule has 1 aromatic carbocycles. The molecule has 5 nitrogen and oxygen atoms in total. The number of nitrogens with two attached hydrogens (primary N) is 1. The monoisotopic (exact) mass is 265 g/mol. The number of halogens is 1. The molecule has 1 aliphatic rings. The molecule has 0 radical (unpaired) electrons. The van der Waals surface area contributed by atoms with Gasteiger partial charge in [-0.3, -0.25) is 5.10 Å². The van der Waals surface area contributed by atoms with Gasteiger partial charge in [0.05, 0.1) is 11.2 Å². The molecule has 0 aliphatic carbocycles. The second-order valence-electron chi connectivity index (χ2n) is 4.08. The van der Waals surface area contributed by atoms with Crippen LogP contribution in [-0.2, 0) is 0 Å². The Hall–Kier alpha value is -1.88. The van der Waals surface area contributed by atoms with Gasteiger partial charge in [-0.25, -0.2) is 0 Å². The highest BCUT2D eigenvalue weighted by molar-refractivity contribution is 6.32. The molecule has 18 heavy (non-hydrogen) atoms. The van der Waals surface area contributed by atoms with Crippen LogP contribution < -0.4 is 15.2 Å². The van der Waals surface area contributed by atoms with E-state index in [2.05, 4.69) is 10.2 Å². The van der Waals surface area contributed by atoms with Crippen LogP contribution in [0, 0.1) is 6.92 Å². The van der Waals surface area contributed by atoms with Gasteiger partial charge in [-0.15, -0.1) is 0 Å². The van der Waals surface area contributed by atoms with Crippen molar-refractivity contribution < 1.29 is 9.47 Å². The van der Waals surface area contributed by atoms with Gasteiger partial charge in [-0.1, -0.05) is 11.6 Å². The zero-order valence-corrected chi connectivity index (χ0v) is 10.5. The molecule has 0 saturated heterocycles. The highest BCUT2D eigenvalue weighted by Crippen LogP contribution is 2.45. The molecular formula is C12H12ClN3O2. The Kier molecular flexibility index (Phi) is 2.56. The van der Waals surface area contributed by atoms with Crippen LogP contribution in [0.25, 0.3) is 11.1 Å². The fourth-order valence-electron chi connectivity index (χ4n) is 2.09. The molecule has 0 atom stereocenters. The van der Waals surface area contributed by atoms with Crippen molar-refractivity contribution in [3.05, 3.63) is 22.8 Å². The Labute approximate surface area is 109 Å². The van der Waals surface area contributed by atoms with E-state index < -0.39 is 0 Å². The largest absolute Gasteiger partial charge is 0.486 e. The molecule has 0 spiro atoms. The van der Waals surface area contributed by atoms with Crippen molar-refractivity contribution in [2.45, 2.75) is 6.92 Å². The topological polar surface area (TPSA) is 73.2 Å². The minimum absolute atomic E-state index is 0.505. The summed E-state index contributed by atoms with van der Waals surface area (Å²) in [4.78, 5) is 0. The van der Waals surface area contributed by atoms with Crippen LogP contribution in [0.5, 0.6) is 11.5 Å². The fourth-order valence-corrected chi connectivity index (χ4v) is 2.34. The lowest BCUT2D eigenvalue weighted by Gasteiger charge is -2.22. The molecule has 3 rings (SSSR count). The molecule has 94 valence electrons. The van der Waals surface area contributed by atoms with Crippen LogP contribution in [0.1, 0.15) is 5.56 Å². The van der Waals surface area contributed by atoms with E-state index in [4.69, 9.17) is 26.8 Å². The number of aromatic amines is 1. The molecule has 1 aliphatic heterocycles. The SMILES string of the molecule is Cc1c(-c2cn[nH]c2N)cc(Cl)c2c1OCCO2. The molecule has 0 saturated carbocycles. The molecule has 0 fully saturated rings. The minimum Gasteiger partial charge on any atom is -0.486 e. The van der Waals surface area contributed by atoms with E-state index >= 15 is 0 Å². The van der Waals surface area contributed by atoms with Crippen molar-refractivity contribution >= 4 is 17.4 Å². The van der Waals surface area contributed by atoms with E-state index in [1.165, 1.54) is 0 Å². The molecule has 6 heteroatoms. The summed E-state index contributed by atoms with van der Waals surface area (Å²) in [5, 5.41) is 7.14. The molecule has 3 N–H and O–H groups in total. The number of hydrogen-bond acceptors (Lipinski definition) is 4. The van der Waals surface area contributed by atoms with E-state index in [0.717, 1.165) is 16.7 Å². The molecule has 1 aromatic heterocycles. The maximum atomic E-state index is 6.21. The summed E-state index contributed by atoms with van der Waals surface area (Å²) >= 11 is 6.21. The minimum atomic E-state index is 0.505. The van der Waals surface area contributed by atoms with Gasteiger partial charge in [-0.2, -0.15) is 5.10 Å². The van der Waals surface area contributed by atoms with Crippen molar-refractivity contribution in [3.63, 3.8) is 0 Å². The van der Waals surface area contributed by atoms with Crippen LogP contribution in [0.4, 0.5) is 5.82 Å². The average molecular weight is 266 g/mol. The number of H-pyrrole nitrogens is 1. The van der Waals surface area contributed by atoms with Crippen molar-refractivity contribution in [2.24, 2.45) is 0 Å². The number of ether oxygens (including phenoxy) is 2. The highest BCUT2D eigenvalue weighted by atomic mass is 35.5. The van der Waals surface area contributed by atoms with Gasteiger partial charge in [0.15, 0.2) is 11.5 Å². The van der Waals surface area contributed by atoms with Gasteiger partial charge in [-0.05, 0) is 18.6 Å². The summed E-state index contributed by atoms with van der Waals surface area (Å²) in [5.41, 5.74) is 8.49. The molecular weight excluding hydrogens is 254 g/mol. The van der Waals surface area contributed by atoms with Crippen LogP contribution in [0.3, 0.4) is 0 Å². The number of anilines is 1. The molecule has 0 bridgehead atoms. The van der Waals surface area contributed by atoms with Gasteiger partial charge in [0.2, 0.25) is 0 Å². The third kappa shape index (κ3) is 1.59. The van der Waals surface area contributed by atoms with Crippen LogP contribution >= 0.6 is 11.6 Å². The van der Waals surface area contributed by atoms with Crippen molar-refractivity contribution in [2.75, 3.05) is 18.9 Å². The lowest BCUT2D eigenvalue weighted by atomic mass is 10.0. The summed E-state index contributed by atoms with van der Waals surface area (Å²) in [6, 6.07) is 1.83. The normalized spacial score (nSPS) is 13.7. The maximum absolute atomic E-state index is 6.21. The smallest absolute Gasteiger partial charge is 0.180 e.